The summed E-state index contributed by atoms with van der Waals surface area (Å²) in [4.78, 5) is 0. The Bertz CT molecular complexity index is 1160. The predicted molar refractivity (Wildman–Crippen MR) is 125 cm³/mol. The molecule has 1 atom stereocenters. The fraction of sp³-hybridized carbons (Fsp3) is 0.379. The van der Waals surface area contributed by atoms with E-state index in [1.54, 1.807) is 5.56 Å². The summed E-state index contributed by atoms with van der Waals surface area (Å²) in [6, 6.07) is 14.3. The maximum atomic E-state index is 10.8. The lowest BCUT2D eigenvalue weighted by molar-refractivity contribution is 0.461. The van der Waals surface area contributed by atoms with Crippen LogP contribution in [0.5, 0.6) is 5.75 Å². The van der Waals surface area contributed by atoms with Crippen molar-refractivity contribution in [3.63, 3.8) is 0 Å². The molecule has 2 aliphatic carbocycles. The Kier molecular flexibility index (Phi) is 4.36. The van der Waals surface area contributed by atoms with Crippen LogP contribution >= 0.6 is 0 Å². The molecule has 1 nitrogen and oxygen atoms in total. The summed E-state index contributed by atoms with van der Waals surface area (Å²) < 4.78 is 0. The number of aromatic hydroxyl groups is 1. The van der Waals surface area contributed by atoms with Crippen molar-refractivity contribution < 1.29 is 5.11 Å². The van der Waals surface area contributed by atoms with Gasteiger partial charge in [-0.3, -0.25) is 0 Å². The Hall–Kier alpha value is -2.54. The molecule has 154 valence electrons. The number of phenolic OH excluding ortho intramolecular Hbond substituents is 1. The summed E-state index contributed by atoms with van der Waals surface area (Å²) in [6.07, 6.45) is 5.07. The topological polar surface area (TPSA) is 20.2 Å². The Balaban J connectivity index is 1.79. The molecule has 1 heteroatoms. The first-order valence-corrected chi connectivity index (χ1v) is 11.5. The highest BCUT2D eigenvalue weighted by atomic mass is 16.3. The first-order chi connectivity index (χ1) is 14.4. The first kappa shape index (κ1) is 19.4. The van der Waals surface area contributed by atoms with Gasteiger partial charge in [0.05, 0.1) is 0 Å². The molecule has 0 amide bonds. The van der Waals surface area contributed by atoms with Crippen LogP contribution in [-0.4, -0.2) is 5.11 Å². The van der Waals surface area contributed by atoms with Gasteiger partial charge in [0, 0.05) is 5.41 Å². The zero-order chi connectivity index (χ0) is 21.2. The molecule has 0 radical (unpaired) electrons. The zero-order valence-corrected chi connectivity index (χ0v) is 18.9. The highest BCUT2D eigenvalue weighted by molar-refractivity contribution is 5.63. The third-order valence-corrected chi connectivity index (χ3v) is 7.63. The van der Waals surface area contributed by atoms with Crippen LogP contribution in [0.3, 0.4) is 0 Å². The van der Waals surface area contributed by atoms with Crippen LogP contribution in [0.25, 0.3) is 0 Å². The molecule has 0 saturated carbocycles. The second kappa shape index (κ2) is 6.74. The molecule has 5 rings (SSSR count). The quantitative estimate of drug-likeness (QED) is 0.323. The fourth-order valence-electron chi connectivity index (χ4n) is 5.32. The lowest BCUT2D eigenvalue weighted by Gasteiger charge is -2.33. The van der Waals surface area contributed by atoms with Gasteiger partial charge in [0.15, 0.2) is 0 Å². The average Bonchev–Trinajstić information content (AvgIpc) is 3.66. The van der Waals surface area contributed by atoms with Crippen molar-refractivity contribution in [3.8, 4) is 5.75 Å². The van der Waals surface area contributed by atoms with Crippen LogP contribution in [0, 0.1) is 6.92 Å². The van der Waals surface area contributed by atoms with Gasteiger partial charge in [0.25, 0.3) is 0 Å². The van der Waals surface area contributed by atoms with Gasteiger partial charge >= 0.3 is 0 Å². The van der Waals surface area contributed by atoms with E-state index in [1.165, 1.54) is 44.5 Å². The van der Waals surface area contributed by atoms with Crippen molar-refractivity contribution in [1.82, 2.24) is 0 Å². The third kappa shape index (κ3) is 2.82. The van der Waals surface area contributed by atoms with E-state index in [-0.39, 0.29) is 5.41 Å². The number of benzene rings is 3. The van der Waals surface area contributed by atoms with Gasteiger partial charge in [-0.15, -0.1) is 0 Å². The predicted octanol–water partition coefficient (Wildman–Crippen LogP) is 6.55. The Morgan fingerprint density at radius 3 is 1.73 bits per heavy atom. The van der Waals surface area contributed by atoms with E-state index in [9.17, 15) is 5.11 Å². The molecule has 1 unspecified atom stereocenters. The summed E-state index contributed by atoms with van der Waals surface area (Å²) >= 11 is 0. The number of fused-ring (bicyclic) bond motifs is 2. The number of rotatable bonds is 6. The SMILES string of the molecule is CCc1cc(C(C)(c2cc(C)c3c(c2)C3)c2cc(CC)c3c(c2)C3)cc(CC)c1O. The largest absolute Gasteiger partial charge is 0.507 e. The molecule has 0 bridgehead atoms. The van der Waals surface area contributed by atoms with Crippen molar-refractivity contribution in [2.75, 3.05) is 0 Å². The van der Waals surface area contributed by atoms with Crippen LogP contribution in [0.4, 0.5) is 0 Å². The van der Waals surface area contributed by atoms with Crippen LogP contribution in [-0.2, 0) is 37.5 Å². The van der Waals surface area contributed by atoms with Crippen molar-refractivity contribution in [2.45, 2.75) is 72.1 Å². The fourth-order valence-corrected chi connectivity index (χ4v) is 5.32. The summed E-state index contributed by atoms with van der Waals surface area (Å²) in [5.41, 5.74) is 15.0. The second-order valence-corrected chi connectivity index (χ2v) is 9.39. The standard InChI is InChI=1S/C29H32O/c1-6-18-10-24(14-22-16-27(18)22)29(5,23-9-17(4)26-15-21(26)13-23)25-11-19(7-2)28(30)20(8-3)12-25/h9-14,30H,6-8,15-16H2,1-5H3. The van der Waals surface area contributed by atoms with Crippen LogP contribution < -0.4 is 0 Å². The highest BCUT2D eigenvalue weighted by Gasteiger charge is 2.37. The van der Waals surface area contributed by atoms with Gasteiger partial charge in [-0.1, -0.05) is 57.2 Å². The molecule has 0 saturated heterocycles. The number of phenols is 1. The lowest BCUT2D eigenvalue weighted by atomic mass is 9.69. The van der Waals surface area contributed by atoms with E-state index in [0.717, 1.165) is 43.2 Å². The molecule has 0 spiro atoms. The molecular formula is C29H32O. The molecule has 0 heterocycles. The maximum Gasteiger partial charge on any atom is 0.121 e. The summed E-state index contributed by atoms with van der Waals surface area (Å²) in [5, 5.41) is 10.8. The monoisotopic (exact) mass is 396 g/mol. The molecule has 3 aromatic rings. The number of hydrogen-bond acceptors (Lipinski definition) is 1. The van der Waals surface area contributed by atoms with E-state index in [0.29, 0.717) is 5.75 Å². The molecule has 0 aromatic heterocycles. The molecule has 0 fully saturated rings. The van der Waals surface area contributed by atoms with Gasteiger partial charge in [-0.25, -0.2) is 0 Å². The van der Waals surface area contributed by atoms with Gasteiger partial charge in [0.2, 0.25) is 0 Å². The second-order valence-electron chi connectivity index (χ2n) is 9.39. The molecule has 30 heavy (non-hydrogen) atoms. The smallest absolute Gasteiger partial charge is 0.121 e. The summed E-state index contributed by atoms with van der Waals surface area (Å²) in [7, 11) is 0. The molecule has 3 aromatic carbocycles. The summed E-state index contributed by atoms with van der Waals surface area (Å²) in [5.74, 6) is 0.484. The normalized spacial score (nSPS) is 15.4. The Morgan fingerprint density at radius 1 is 0.700 bits per heavy atom. The molecule has 1 N–H and O–H groups in total. The molecule has 2 aliphatic rings. The molecular weight excluding hydrogens is 364 g/mol. The van der Waals surface area contributed by atoms with Crippen molar-refractivity contribution in [2.24, 2.45) is 0 Å². The Morgan fingerprint density at radius 2 is 1.17 bits per heavy atom. The minimum atomic E-state index is -0.231. The van der Waals surface area contributed by atoms with Gasteiger partial charge in [0.1, 0.15) is 5.75 Å². The van der Waals surface area contributed by atoms with Crippen molar-refractivity contribution in [1.29, 1.82) is 0 Å². The lowest BCUT2D eigenvalue weighted by Crippen LogP contribution is -2.26. The van der Waals surface area contributed by atoms with E-state index in [1.807, 2.05) is 0 Å². The first-order valence-electron chi connectivity index (χ1n) is 11.5. The van der Waals surface area contributed by atoms with Crippen LogP contribution in [0.1, 0.15) is 88.9 Å². The minimum absolute atomic E-state index is 0.231. The van der Waals surface area contributed by atoms with E-state index < -0.39 is 0 Å². The maximum absolute atomic E-state index is 10.8. The average molecular weight is 397 g/mol. The van der Waals surface area contributed by atoms with Gasteiger partial charge < -0.3 is 5.11 Å². The van der Waals surface area contributed by atoms with Crippen molar-refractivity contribution in [3.05, 3.63) is 97.6 Å². The Labute approximate surface area is 180 Å². The number of aryl methyl sites for hydroxylation is 4. The van der Waals surface area contributed by atoms with E-state index in [4.69, 9.17) is 0 Å². The van der Waals surface area contributed by atoms with E-state index >= 15 is 0 Å². The molecule has 0 aliphatic heterocycles. The highest BCUT2D eigenvalue weighted by Crippen LogP contribution is 2.47. The zero-order valence-electron chi connectivity index (χ0n) is 18.9. The van der Waals surface area contributed by atoms with Gasteiger partial charge in [-0.05, 0) is 107 Å². The van der Waals surface area contributed by atoms with Crippen LogP contribution in [0.15, 0.2) is 36.4 Å². The minimum Gasteiger partial charge on any atom is -0.507 e. The van der Waals surface area contributed by atoms with Crippen molar-refractivity contribution >= 4 is 0 Å². The number of hydrogen-bond donors (Lipinski definition) is 1. The van der Waals surface area contributed by atoms with E-state index in [2.05, 4.69) is 71.0 Å². The van der Waals surface area contributed by atoms with Crippen LogP contribution in [0.2, 0.25) is 0 Å². The van der Waals surface area contributed by atoms with Gasteiger partial charge in [-0.2, -0.15) is 0 Å². The summed E-state index contributed by atoms with van der Waals surface area (Å²) in [6.45, 7) is 11.2. The third-order valence-electron chi connectivity index (χ3n) is 7.63.